The lowest BCUT2D eigenvalue weighted by Gasteiger charge is -2.04. The van der Waals surface area contributed by atoms with Crippen molar-refractivity contribution in [2.45, 2.75) is 13.8 Å². The van der Waals surface area contributed by atoms with E-state index in [0.29, 0.717) is 11.4 Å². The number of carbonyl (C=O) groups excluding carboxylic acids is 1. The van der Waals surface area contributed by atoms with Crippen LogP contribution in [0.25, 0.3) is 11.3 Å². The van der Waals surface area contributed by atoms with Crippen LogP contribution in [0, 0.1) is 19.7 Å². The zero-order chi connectivity index (χ0) is 17.4. The molecular formula is C16H15ClFN5O. The van der Waals surface area contributed by atoms with Gasteiger partial charge in [0.05, 0.1) is 16.4 Å². The number of H-pyrrole nitrogens is 1. The molecule has 0 unspecified atom stereocenters. The van der Waals surface area contributed by atoms with Gasteiger partial charge in [0.2, 0.25) is 0 Å². The van der Waals surface area contributed by atoms with E-state index in [1.807, 2.05) is 20.9 Å². The quantitative estimate of drug-likeness (QED) is 0.761. The summed E-state index contributed by atoms with van der Waals surface area (Å²) in [7, 11) is 1.85. The first-order valence-electron chi connectivity index (χ1n) is 7.19. The molecule has 24 heavy (non-hydrogen) atoms. The van der Waals surface area contributed by atoms with Gasteiger partial charge in [0.25, 0.3) is 5.91 Å². The van der Waals surface area contributed by atoms with E-state index in [9.17, 15) is 9.18 Å². The van der Waals surface area contributed by atoms with Crippen LogP contribution in [0.15, 0.2) is 24.3 Å². The highest BCUT2D eigenvalue weighted by Gasteiger charge is 2.17. The number of amides is 1. The zero-order valence-electron chi connectivity index (χ0n) is 13.3. The molecule has 0 atom stereocenters. The fourth-order valence-corrected chi connectivity index (χ4v) is 2.66. The highest BCUT2D eigenvalue weighted by molar-refractivity contribution is 6.31. The van der Waals surface area contributed by atoms with Gasteiger partial charge in [-0.15, -0.1) is 0 Å². The molecule has 0 bridgehead atoms. The van der Waals surface area contributed by atoms with Gasteiger partial charge < -0.3 is 5.32 Å². The number of rotatable bonds is 3. The zero-order valence-corrected chi connectivity index (χ0v) is 14.1. The van der Waals surface area contributed by atoms with Crippen LogP contribution in [-0.4, -0.2) is 25.9 Å². The number of hydrogen-bond donors (Lipinski definition) is 2. The number of anilines is 1. The van der Waals surface area contributed by atoms with E-state index in [1.165, 1.54) is 18.2 Å². The van der Waals surface area contributed by atoms with E-state index >= 15 is 0 Å². The molecule has 2 heterocycles. The molecule has 0 saturated carbocycles. The van der Waals surface area contributed by atoms with Crippen molar-refractivity contribution in [3.63, 3.8) is 0 Å². The summed E-state index contributed by atoms with van der Waals surface area (Å²) < 4.78 is 14.9. The van der Waals surface area contributed by atoms with Crippen LogP contribution < -0.4 is 5.32 Å². The summed E-state index contributed by atoms with van der Waals surface area (Å²) >= 11 is 5.71. The summed E-state index contributed by atoms with van der Waals surface area (Å²) in [5, 5.41) is 13.8. The molecule has 6 nitrogen and oxygen atoms in total. The minimum atomic E-state index is -0.541. The number of benzene rings is 1. The molecule has 3 aromatic rings. The number of aromatic amines is 1. The standard InChI is InChI=1S/C16H15ClFN5O/c1-8-15(9(2)23(3)22-8)13-7-14(21-20-13)16(24)19-10-4-5-12(18)11(17)6-10/h4-7H,1-3H3,(H,19,24)(H,20,21). The lowest BCUT2D eigenvalue weighted by atomic mass is 10.1. The number of carbonyl (C=O) groups is 1. The van der Waals surface area contributed by atoms with Crippen molar-refractivity contribution in [1.82, 2.24) is 20.0 Å². The molecule has 0 fully saturated rings. The normalized spacial score (nSPS) is 10.9. The van der Waals surface area contributed by atoms with E-state index in [2.05, 4.69) is 20.6 Å². The Hall–Kier alpha value is -2.67. The molecule has 0 aliphatic heterocycles. The molecule has 3 rings (SSSR count). The van der Waals surface area contributed by atoms with Crippen molar-refractivity contribution in [1.29, 1.82) is 0 Å². The van der Waals surface area contributed by atoms with Gasteiger partial charge in [0.1, 0.15) is 11.5 Å². The number of hydrogen-bond acceptors (Lipinski definition) is 3. The van der Waals surface area contributed by atoms with Gasteiger partial charge in [-0.25, -0.2) is 4.39 Å². The van der Waals surface area contributed by atoms with Crippen LogP contribution in [0.5, 0.6) is 0 Å². The Morgan fingerprint density at radius 1 is 1.33 bits per heavy atom. The number of aromatic nitrogens is 4. The van der Waals surface area contributed by atoms with E-state index in [1.54, 1.807) is 10.7 Å². The summed E-state index contributed by atoms with van der Waals surface area (Å²) in [6.45, 7) is 3.82. The second-order valence-corrected chi connectivity index (χ2v) is 5.83. The summed E-state index contributed by atoms with van der Waals surface area (Å²) in [5.74, 6) is -0.934. The van der Waals surface area contributed by atoms with Crippen molar-refractivity contribution < 1.29 is 9.18 Å². The lowest BCUT2D eigenvalue weighted by molar-refractivity contribution is 0.102. The Morgan fingerprint density at radius 3 is 2.71 bits per heavy atom. The van der Waals surface area contributed by atoms with Gasteiger partial charge >= 0.3 is 0 Å². The monoisotopic (exact) mass is 347 g/mol. The minimum absolute atomic E-state index is 0.0558. The summed E-state index contributed by atoms with van der Waals surface area (Å²) in [6.07, 6.45) is 0. The maximum absolute atomic E-state index is 13.2. The smallest absolute Gasteiger partial charge is 0.273 e. The van der Waals surface area contributed by atoms with Crippen molar-refractivity contribution in [3.05, 3.63) is 52.2 Å². The molecule has 0 aliphatic rings. The predicted octanol–water partition coefficient (Wildman–Crippen LogP) is 3.47. The number of nitrogens with one attached hydrogen (secondary N) is 2. The molecule has 2 aromatic heterocycles. The topological polar surface area (TPSA) is 75.6 Å². The Kier molecular flexibility index (Phi) is 4.11. The van der Waals surface area contributed by atoms with Crippen LogP contribution in [0.1, 0.15) is 21.9 Å². The predicted molar refractivity (Wildman–Crippen MR) is 89.6 cm³/mol. The van der Waals surface area contributed by atoms with E-state index in [-0.39, 0.29) is 10.7 Å². The third-order valence-electron chi connectivity index (χ3n) is 3.77. The number of halogens is 2. The Morgan fingerprint density at radius 2 is 2.08 bits per heavy atom. The van der Waals surface area contributed by atoms with Crippen molar-refractivity contribution in [2.24, 2.45) is 7.05 Å². The molecule has 2 N–H and O–H groups in total. The first kappa shape index (κ1) is 16.2. The van der Waals surface area contributed by atoms with Gasteiger partial charge in [-0.2, -0.15) is 10.2 Å². The molecule has 1 amide bonds. The van der Waals surface area contributed by atoms with Crippen molar-refractivity contribution in [2.75, 3.05) is 5.32 Å². The summed E-state index contributed by atoms with van der Waals surface area (Å²) in [4.78, 5) is 12.3. The maximum atomic E-state index is 13.2. The van der Waals surface area contributed by atoms with E-state index < -0.39 is 11.7 Å². The molecule has 124 valence electrons. The van der Waals surface area contributed by atoms with E-state index in [0.717, 1.165) is 17.0 Å². The third-order valence-corrected chi connectivity index (χ3v) is 4.05. The lowest BCUT2D eigenvalue weighted by Crippen LogP contribution is -2.12. The molecule has 8 heteroatoms. The van der Waals surface area contributed by atoms with Crippen LogP contribution >= 0.6 is 11.6 Å². The van der Waals surface area contributed by atoms with Gasteiger partial charge in [-0.1, -0.05) is 11.6 Å². The average Bonchev–Trinajstić information content (AvgIpc) is 3.09. The fourth-order valence-electron chi connectivity index (χ4n) is 2.48. The number of nitrogens with zero attached hydrogens (tertiary/aromatic N) is 3. The van der Waals surface area contributed by atoms with Crippen LogP contribution in [0.3, 0.4) is 0 Å². The molecule has 1 aromatic carbocycles. The van der Waals surface area contributed by atoms with Crippen LogP contribution in [-0.2, 0) is 7.05 Å². The molecule has 0 aliphatic carbocycles. The third kappa shape index (κ3) is 2.90. The first-order valence-corrected chi connectivity index (χ1v) is 7.57. The summed E-state index contributed by atoms with van der Waals surface area (Å²) in [6, 6.07) is 5.63. The van der Waals surface area contributed by atoms with Gasteiger partial charge in [0, 0.05) is 24.0 Å². The van der Waals surface area contributed by atoms with Gasteiger partial charge in [-0.3, -0.25) is 14.6 Å². The first-order chi connectivity index (χ1) is 11.4. The maximum Gasteiger partial charge on any atom is 0.273 e. The largest absolute Gasteiger partial charge is 0.321 e. The van der Waals surface area contributed by atoms with E-state index in [4.69, 9.17) is 11.6 Å². The molecule has 0 saturated heterocycles. The highest BCUT2D eigenvalue weighted by Crippen LogP contribution is 2.25. The molecule has 0 radical (unpaired) electrons. The second-order valence-electron chi connectivity index (χ2n) is 5.42. The van der Waals surface area contributed by atoms with Crippen LogP contribution in [0.4, 0.5) is 10.1 Å². The number of aryl methyl sites for hydroxylation is 2. The van der Waals surface area contributed by atoms with Gasteiger partial charge in [-0.05, 0) is 38.1 Å². The van der Waals surface area contributed by atoms with Gasteiger partial charge in [0.15, 0.2) is 0 Å². The van der Waals surface area contributed by atoms with Crippen molar-refractivity contribution >= 4 is 23.2 Å². The minimum Gasteiger partial charge on any atom is -0.321 e. The molecular weight excluding hydrogens is 333 g/mol. The Labute approximate surface area is 142 Å². The second kappa shape index (κ2) is 6.09. The highest BCUT2D eigenvalue weighted by atomic mass is 35.5. The fraction of sp³-hybridized carbons (Fsp3) is 0.188. The molecule has 0 spiro atoms. The Balaban J connectivity index is 1.84. The van der Waals surface area contributed by atoms with Crippen LogP contribution in [0.2, 0.25) is 5.02 Å². The average molecular weight is 348 g/mol. The SMILES string of the molecule is Cc1nn(C)c(C)c1-c1cc(C(=O)Nc2ccc(F)c(Cl)c2)[nH]n1. The van der Waals surface area contributed by atoms with Crippen molar-refractivity contribution in [3.8, 4) is 11.3 Å². The Bertz CT molecular complexity index is 931. The summed E-state index contributed by atoms with van der Waals surface area (Å²) in [5.41, 5.74) is 4.00.